The van der Waals surface area contributed by atoms with Gasteiger partial charge in [-0.15, -0.1) is 0 Å². The first-order valence-electron chi connectivity index (χ1n) is 7.85. The minimum absolute atomic E-state index is 0.120. The Kier molecular flexibility index (Phi) is 4.77. The van der Waals surface area contributed by atoms with E-state index in [1.165, 1.54) is 30.4 Å². The van der Waals surface area contributed by atoms with Crippen LogP contribution in [0, 0.1) is 0 Å². The van der Waals surface area contributed by atoms with E-state index in [0.29, 0.717) is 11.5 Å². The molecular weight excluding hydrogens is 352 g/mol. The van der Waals surface area contributed by atoms with Crippen molar-refractivity contribution in [1.29, 1.82) is 0 Å². The highest BCUT2D eigenvalue weighted by molar-refractivity contribution is 7.92. The van der Waals surface area contributed by atoms with Crippen molar-refractivity contribution in [2.24, 2.45) is 0 Å². The van der Waals surface area contributed by atoms with Gasteiger partial charge in [-0.1, -0.05) is 18.2 Å². The Morgan fingerprint density at radius 2 is 1.69 bits per heavy atom. The van der Waals surface area contributed by atoms with Crippen molar-refractivity contribution in [3.8, 4) is 5.69 Å². The molecule has 0 unspecified atom stereocenters. The highest BCUT2D eigenvalue weighted by Gasteiger charge is 2.24. The summed E-state index contributed by atoms with van der Waals surface area (Å²) in [5.41, 5.74) is 1.30. The van der Waals surface area contributed by atoms with Crippen LogP contribution >= 0.6 is 0 Å². The van der Waals surface area contributed by atoms with Crippen LogP contribution in [0.25, 0.3) is 5.69 Å². The summed E-state index contributed by atoms with van der Waals surface area (Å²) in [7, 11) is -2.30. The van der Waals surface area contributed by atoms with Crippen molar-refractivity contribution >= 4 is 27.4 Å². The molecule has 0 saturated heterocycles. The van der Waals surface area contributed by atoms with Crippen LogP contribution in [0.4, 0.5) is 11.5 Å². The molecule has 0 saturated carbocycles. The second-order valence-corrected chi connectivity index (χ2v) is 7.58. The number of sulfonamides is 1. The quantitative estimate of drug-likeness (QED) is 0.748. The van der Waals surface area contributed by atoms with Crippen molar-refractivity contribution in [2.75, 3.05) is 16.7 Å². The molecule has 0 aliphatic heterocycles. The molecule has 8 heteroatoms. The average Bonchev–Trinajstić information content (AvgIpc) is 3.11. The van der Waals surface area contributed by atoms with Gasteiger partial charge in [0.1, 0.15) is 5.82 Å². The van der Waals surface area contributed by atoms with Gasteiger partial charge in [-0.2, -0.15) is 5.10 Å². The van der Waals surface area contributed by atoms with Crippen molar-refractivity contribution in [3.05, 3.63) is 66.9 Å². The largest absolute Gasteiger partial charge is 0.326 e. The number of nitrogens with one attached hydrogen (secondary N) is 1. The summed E-state index contributed by atoms with van der Waals surface area (Å²) < 4.78 is 28.6. The number of amides is 1. The maximum atomic E-state index is 12.9. The minimum atomic E-state index is -3.78. The monoisotopic (exact) mass is 370 g/mol. The molecule has 0 spiro atoms. The molecule has 1 aromatic heterocycles. The van der Waals surface area contributed by atoms with Crippen LogP contribution in [0.5, 0.6) is 0 Å². The van der Waals surface area contributed by atoms with Gasteiger partial charge in [0.15, 0.2) is 0 Å². The van der Waals surface area contributed by atoms with E-state index in [4.69, 9.17) is 0 Å². The second kappa shape index (κ2) is 7.01. The van der Waals surface area contributed by atoms with E-state index >= 15 is 0 Å². The lowest BCUT2D eigenvalue weighted by molar-refractivity contribution is -0.114. The van der Waals surface area contributed by atoms with Gasteiger partial charge in [0.05, 0.1) is 16.8 Å². The number of carbonyl (C=O) groups is 1. The summed E-state index contributed by atoms with van der Waals surface area (Å²) >= 11 is 0. The Bertz CT molecular complexity index is 1010. The summed E-state index contributed by atoms with van der Waals surface area (Å²) in [6.45, 7) is 1.39. The van der Waals surface area contributed by atoms with Crippen LogP contribution in [0.1, 0.15) is 6.92 Å². The Morgan fingerprint density at radius 1 is 1.04 bits per heavy atom. The van der Waals surface area contributed by atoms with Gasteiger partial charge in [-0.05, 0) is 36.4 Å². The van der Waals surface area contributed by atoms with Crippen LogP contribution in [-0.4, -0.2) is 31.2 Å². The highest BCUT2D eigenvalue weighted by Crippen LogP contribution is 2.25. The van der Waals surface area contributed by atoms with Crippen LogP contribution in [0.2, 0.25) is 0 Å². The number of carbonyl (C=O) groups excluding carboxylic acids is 1. The Hall–Kier alpha value is -3.13. The molecule has 0 aliphatic rings. The maximum absolute atomic E-state index is 12.9. The molecule has 3 aromatic rings. The van der Waals surface area contributed by atoms with Gasteiger partial charge in [0.2, 0.25) is 5.91 Å². The molecule has 1 amide bonds. The average molecular weight is 370 g/mol. The Labute approximate surface area is 151 Å². The molecule has 26 heavy (non-hydrogen) atoms. The van der Waals surface area contributed by atoms with Crippen LogP contribution in [-0.2, 0) is 14.8 Å². The first-order chi connectivity index (χ1) is 12.4. The lowest BCUT2D eigenvalue weighted by Gasteiger charge is -2.20. The number of nitrogens with zero attached hydrogens (tertiary/aromatic N) is 3. The number of anilines is 2. The molecule has 0 radical (unpaired) electrons. The molecule has 3 rings (SSSR count). The molecule has 1 N–H and O–H groups in total. The van der Waals surface area contributed by atoms with Crippen LogP contribution in [0.15, 0.2) is 71.8 Å². The molecule has 134 valence electrons. The van der Waals surface area contributed by atoms with E-state index in [2.05, 4.69) is 10.4 Å². The normalized spacial score (nSPS) is 11.2. The predicted octanol–water partition coefficient (Wildman–Crippen LogP) is 2.66. The summed E-state index contributed by atoms with van der Waals surface area (Å²) in [6.07, 6.45) is 1.55. The fourth-order valence-corrected chi connectivity index (χ4v) is 3.68. The zero-order chi connectivity index (χ0) is 18.7. The van der Waals surface area contributed by atoms with Gasteiger partial charge in [-0.3, -0.25) is 9.10 Å². The van der Waals surface area contributed by atoms with Crippen molar-refractivity contribution < 1.29 is 13.2 Å². The minimum Gasteiger partial charge on any atom is -0.326 e. The molecule has 7 nitrogen and oxygen atoms in total. The first-order valence-corrected chi connectivity index (χ1v) is 9.29. The van der Waals surface area contributed by atoms with Crippen molar-refractivity contribution in [2.45, 2.75) is 11.8 Å². The van der Waals surface area contributed by atoms with Gasteiger partial charge in [0, 0.05) is 25.7 Å². The van der Waals surface area contributed by atoms with E-state index in [9.17, 15) is 13.2 Å². The molecule has 0 fully saturated rings. The molecule has 0 atom stereocenters. The maximum Gasteiger partial charge on any atom is 0.265 e. The van der Waals surface area contributed by atoms with Gasteiger partial charge in [0.25, 0.3) is 10.0 Å². The molecular formula is C18H18N4O3S. The van der Waals surface area contributed by atoms with Gasteiger partial charge < -0.3 is 5.32 Å². The summed E-state index contributed by atoms with van der Waals surface area (Å²) in [6, 6.07) is 16.9. The van der Waals surface area contributed by atoms with E-state index < -0.39 is 10.0 Å². The number of aromatic nitrogens is 2. The number of benzene rings is 2. The predicted molar refractivity (Wildman–Crippen MR) is 99.9 cm³/mol. The zero-order valence-electron chi connectivity index (χ0n) is 14.3. The van der Waals surface area contributed by atoms with E-state index in [1.807, 2.05) is 30.3 Å². The molecule has 0 aliphatic carbocycles. The van der Waals surface area contributed by atoms with Crippen molar-refractivity contribution in [1.82, 2.24) is 9.78 Å². The zero-order valence-corrected chi connectivity index (χ0v) is 15.1. The highest BCUT2D eigenvalue weighted by atomic mass is 32.2. The number of rotatable bonds is 5. The van der Waals surface area contributed by atoms with Crippen LogP contribution < -0.4 is 9.62 Å². The first kappa shape index (κ1) is 17.7. The lowest BCUT2D eigenvalue weighted by atomic mass is 10.3. The topological polar surface area (TPSA) is 84.3 Å². The van der Waals surface area contributed by atoms with E-state index in [0.717, 1.165) is 5.69 Å². The van der Waals surface area contributed by atoms with Gasteiger partial charge in [-0.25, -0.2) is 13.1 Å². The Balaban J connectivity index is 1.93. The smallest absolute Gasteiger partial charge is 0.265 e. The second-order valence-electron chi connectivity index (χ2n) is 5.61. The van der Waals surface area contributed by atoms with E-state index in [1.54, 1.807) is 29.1 Å². The third kappa shape index (κ3) is 3.45. The fraction of sp³-hybridized carbons (Fsp3) is 0.111. The SMILES string of the molecule is CC(=O)Nc1ccc(S(=O)(=O)N(C)c2ccnn2-c2ccccc2)cc1. The number of hydrogen-bond acceptors (Lipinski definition) is 4. The fourth-order valence-electron chi connectivity index (χ4n) is 2.50. The number of para-hydroxylation sites is 1. The van der Waals surface area contributed by atoms with Crippen molar-refractivity contribution in [3.63, 3.8) is 0 Å². The van der Waals surface area contributed by atoms with E-state index in [-0.39, 0.29) is 10.8 Å². The third-order valence-electron chi connectivity index (χ3n) is 3.78. The standard InChI is InChI=1S/C18H18N4O3S/c1-14(23)20-15-8-10-17(11-9-15)26(24,25)21(2)18-12-13-19-22(18)16-6-4-3-5-7-16/h3-13H,1-2H3,(H,20,23). The summed E-state index contributed by atoms with van der Waals surface area (Å²) in [5, 5.41) is 6.83. The van der Waals surface area contributed by atoms with Gasteiger partial charge >= 0.3 is 0 Å². The Morgan fingerprint density at radius 3 is 2.31 bits per heavy atom. The summed E-state index contributed by atoms with van der Waals surface area (Å²) in [4.78, 5) is 11.2. The van der Waals surface area contributed by atoms with Crippen LogP contribution in [0.3, 0.4) is 0 Å². The summed E-state index contributed by atoms with van der Waals surface area (Å²) in [5.74, 6) is 0.201. The molecule has 1 heterocycles. The third-order valence-corrected chi connectivity index (χ3v) is 5.56. The number of hydrogen-bond donors (Lipinski definition) is 1. The molecule has 2 aromatic carbocycles. The molecule has 0 bridgehead atoms. The lowest BCUT2D eigenvalue weighted by Crippen LogP contribution is -2.28.